The minimum Gasteiger partial charge on any atom is -0.463 e. The van der Waals surface area contributed by atoms with Gasteiger partial charge < -0.3 is 34.2 Å². The number of carbonyl (C=O) groups excluding carboxylic acids is 3. The first kappa shape index (κ1) is 122. The Labute approximate surface area is 777 Å². The fourth-order valence-electron chi connectivity index (χ4n) is 14.1. The third kappa shape index (κ3) is 101. The van der Waals surface area contributed by atoms with Crippen molar-refractivity contribution in [1.82, 2.24) is 0 Å². The number of unbranched alkanes of at least 4 members (excludes halogenated alkanes) is 46. The van der Waals surface area contributed by atoms with Crippen LogP contribution in [-0.4, -0.2) is 95.9 Å². The van der Waals surface area contributed by atoms with Crippen molar-refractivity contribution in [3.8, 4) is 0 Å². The zero-order chi connectivity index (χ0) is 92.1. The lowest BCUT2D eigenvalue weighted by Crippen LogP contribution is -2.30. The second-order valence-electron chi connectivity index (χ2n) is 34.3. The monoisotopic (exact) mass is 1820 g/mol. The quantitative estimate of drug-likeness (QED) is 0.0146. The summed E-state index contributed by atoms with van der Waals surface area (Å²) in [5, 5.41) is 20.8. The van der Waals surface area contributed by atoms with Crippen LogP contribution < -0.4 is 0 Å². The molecule has 0 amide bonds. The molecule has 0 aromatic heterocycles. The van der Waals surface area contributed by atoms with Crippen LogP contribution >= 0.6 is 15.6 Å². The standard InChI is InChI=1S/C109H188O16P2/c1-4-7-10-13-16-19-22-25-28-31-34-37-39-41-43-45-47-49-51-53-55-57-59-61-63-66-68-71-74-77-80-83-86-89-92-95-107(112)119-98-104(110)99-121-126(115,116)122-100-105(111)101-123-127(117,118)124-103-106(125-109(114)97-94-91-88-85-82-79-76-73-70-65-36-33-30-27-24-21-18-15-12-9-6-3)102-120-108(113)96-93-90-87-84-81-78-75-72-69-67-64-62-60-58-56-54-52-50-48-46-44-42-40-38-35-32-29-26-23-20-17-14-11-8-5-2/h9,12,16-21,25-30,34-38,41-44,65,73,76,82,85,104-106,110-111H,4-8,10-11,13-15,22-24,31-33,39-40,45-64,66-72,74-75,77-81,83-84,86-103H2,1-3H3,(H,115,116)(H,117,118)/b12-9-,19-16-,20-17-,21-18-,28-25-,29-26-,30-27-,37-34-,38-35-,43-41-,44-42-,65-36-,76-73-,85-82-. The molecule has 0 aliphatic carbocycles. The van der Waals surface area contributed by atoms with Gasteiger partial charge in [0.15, 0.2) is 6.10 Å². The Morgan fingerprint density at radius 1 is 0.228 bits per heavy atom. The third-order valence-electron chi connectivity index (χ3n) is 21.9. The summed E-state index contributed by atoms with van der Waals surface area (Å²) >= 11 is 0. The lowest BCUT2D eigenvalue weighted by molar-refractivity contribution is -0.161. The topological polar surface area (TPSA) is 231 Å². The third-order valence-corrected chi connectivity index (χ3v) is 23.8. The molecule has 0 saturated heterocycles. The molecule has 4 N–H and O–H groups in total. The minimum absolute atomic E-state index is 0.0470. The summed E-state index contributed by atoms with van der Waals surface area (Å²) in [6.07, 6.45) is 132. The first-order chi connectivity index (χ1) is 62.2. The molecular weight excluding hydrogens is 1630 g/mol. The molecule has 16 nitrogen and oxygen atoms in total. The molecule has 127 heavy (non-hydrogen) atoms. The van der Waals surface area contributed by atoms with Gasteiger partial charge in [-0.15, -0.1) is 0 Å². The van der Waals surface area contributed by atoms with Gasteiger partial charge in [-0.1, -0.05) is 435 Å². The summed E-state index contributed by atoms with van der Waals surface area (Å²) in [4.78, 5) is 59.1. The van der Waals surface area contributed by atoms with Crippen LogP contribution in [0.4, 0.5) is 0 Å². The van der Waals surface area contributed by atoms with Crippen LogP contribution in [0.25, 0.3) is 0 Å². The van der Waals surface area contributed by atoms with E-state index in [0.717, 1.165) is 122 Å². The molecule has 0 rings (SSSR count). The molecule has 0 bridgehead atoms. The van der Waals surface area contributed by atoms with Crippen LogP contribution in [0.15, 0.2) is 170 Å². The summed E-state index contributed by atoms with van der Waals surface area (Å²) < 4.78 is 61.6. The summed E-state index contributed by atoms with van der Waals surface area (Å²) in [7, 11) is -9.83. The van der Waals surface area contributed by atoms with Crippen molar-refractivity contribution in [3.63, 3.8) is 0 Å². The number of carbonyl (C=O) groups is 3. The summed E-state index contributed by atoms with van der Waals surface area (Å²) in [6.45, 7) is 2.53. The average Bonchev–Trinajstić information content (AvgIpc) is 0.901. The van der Waals surface area contributed by atoms with E-state index in [-0.39, 0.29) is 19.3 Å². The Morgan fingerprint density at radius 2 is 0.417 bits per heavy atom. The van der Waals surface area contributed by atoms with Gasteiger partial charge in [0.05, 0.1) is 26.4 Å². The largest absolute Gasteiger partial charge is 0.472 e. The second kappa shape index (κ2) is 99.9. The number of aliphatic hydroxyl groups excluding tert-OH is 2. The van der Waals surface area contributed by atoms with Gasteiger partial charge in [-0.05, 0) is 161 Å². The number of phosphoric acid groups is 2. The normalized spacial score (nSPS) is 14.4. The fourth-order valence-corrected chi connectivity index (χ4v) is 15.7. The van der Waals surface area contributed by atoms with Crippen molar-refractivity contribution in [2.75, 3.05) is 39.6 Å². The van der Waals surface area contributed by atoms with Crippen LogP contribution in [0, 0.1) is 0 Å². The molecule has 0 radical (unpaired) electrons. The van der Waals surface area contributed by atoms with Gasteiger partial charge in [0.1, 0.15) is 25.4 Å². The Hall–Kier alpha value is -5.09. The summed E-state index contributed by atoms with van der Waals surface area (Å²) in [6, 6.07) is 0. The Bertz CT molecular complexity index is 2990. The van der Waals surface area contributed by atoms with Crippen molar-refractivity contribution in [2.45, 2.75) is 463 Å². The Balaban J connectivity index is 4.53. The van der Waals surface area contributed by atoms with Crippen molar-refractivity contribution >= 4 is 33.6 Å². The van der Waals surface area contributed by atoms with Crippen LogP contribution in [0.1, 0.15) is 445 Å². The van der Waals surface area contributed by atoms with Crippen molar-refractivity contribution in [2.24, 2.45) is 0 Å². The zero-order valence-electron chi connectivity index (χ0n) is 80.9. The predicted molar refractivity (Wildman–Crippen MR) is 537 cm³/mol. The van der Waals surface area contributed by atoms with Crippen LogP contribution in [0.3, 0.4) is 0 Å². The van der Waals surface area contributed by atoms with Gasteiger partial charge in [0.2, 0.25) is 0 Å². The van der Waals surface area contributed by atoms with Crippen LogP contribution in [0.2, 0.25) is 0 Å². The van der Waals surface area contributed by atoms with Crippen LogP contribution in [-0.2, 0) is 55.8 Å². The summed E-state index contributed by atoms with van der Waals surface area (Å²) in [5.41, 5.74) is 0. The van der Waals surface area contributed by atoms with Crippen molar-refractivity contribution in [1.29, 1.82) is 0 Å². The van der Waals surface area contributed by atoms with E-state index in [0.29, 0.717) is 25.7 Å². The SMILES string of the molecule is CC/C=C\C/C=C\C/C=C\C/C=C\C/C=C\C/C=C\CCCCC(=O)OC(COC(=O)CCCCCCCCCCCCCCCCCCCCC/C=C\C/C=C\C/C=C\C/C=C\CCCCC)COP(=O)(O)OCC(O)COP(=O)(O)OCC(O)COC(=O)CCCCCCCCCCCCCCCCCCCCC/C=C\C/C=C\C/C=C\C/C=C\CCCCC. The van der Waals surface area contributed by atoms with Crippen molar-refractivity contribution < 1.29 is 75.8 Å². The molecular formula is C109H188O16P2. The van der Waals surface area contributed by atoms with E-state index in [2.05, 4.69) is 191 Å². The molecule has 0 aromatic rings. The number of ether oxygens (including phenoxy) is 3. The van der Waals surface area contributed by atoms with E-state index in [1.807, 2.05) is 0 Å². The first-order valence-electron chi connectivity index (χ1n) is 51.4. The maximum Gasteiger partial charge on any atom is 0.472 e. The molecule has 0 aliphatic heterocycles. The Kier molecular flexibility index (Phi) is 95.9. The van der Waals surface area contributed by atoms with E-state index in [4.69, 9.17) is 32.3 Å². The number of phosphoric ester groups is 2. The molecule has 0 aromatic carbocycles. The van der Waals surface area contributed by atoms with Gasteiger partial charge in [-0.3, -0.25) is 32.5 Å². The Morgan fingerprint density at radius 3 is 0.677 bits per heavy atom. The highest BCUT2D eigenvalue weighted by Crippen LogP contribution is 2.45. The van der Waals surface area contributed by atoms with Gasteiger partial charge >= 0.3 is 33.6 Å². The smallest absolute Gasteiger partial charge is 0.463 e. The van der Waals surface area contributed by atoms with Crippen molar-refractivity contribution in [3.05, 3.63) is 170 Å². The molecule has 0 saturated carbocycles. The molecule has 18 heteroatoms. The summed E-state index contributed by atoms with van der Waals surface area (Å²) in [5.74, 6) is -1.61. The number of hydrogen-bond acceptors (Lipinski definition) is 14. The van der Waals surface area contributed by atoms with Crippen LogP contribution in [0.5, 0.6) is 0 Å². The number of esters is 3. The van der Waals surface area contributed by atoms with E-state index in [9.17, 15) is 43.5 Å². The minimum atomic E-state index is -4.96. The second-order valence-corrected chi connectivity index (χ2v) is 37.2. The molecule has 0 fully saturated rings. The van der Waals surface area contributed by atoms with E-state index >= 15 is 0 Å². The lowest BCUT2D eigenvalue weighted by Gasteiger charge is -2.21. The number of aliphatic hydroxyl groups is 2. The van der Waals surface area contributed by atoms with Gasteiger partial charge in [-0.25, -0.2) is 9.13 Å². The maximum atomic E-state index is 13.1. The fraction of sp³-hybridized carbons (Fsp3) is 0.716. The highest BCUT2D eigenvalue weighted by Gasteiger charge is 2.30. The number of allylic oxidation sites excluding steroid dienone is 28. The molecule has 0 spiro atoms. The van der Waals surface area contributed by atoms with E-state index in [1.165, 1.54) is 257 Å². The zero-order valence-corrected chi connectivity index (χ0v) is 82.7. The van der Waals surface area contributed by atoms with Gasteiger partial charge in [0, 0.05) is 19.3 Å². The highest BCUT2D eigenvalue weighted by atomic mass is 31.2. The highest BCUT2D eigenvalue weighted by molar-refractivity contribution is 7.47. The molecule has 5 unspecified atom stereocenters. The predicted octanol–water partition coefficient (Wildman–Crippen LogP) is 32.6. The molecule has 0 heterocycles. The van der Waals surface area contributed by atoms with Gasteiger partial charge in [0.25, 0.3) is 0 Å². The first-order valence-corrected chi connectivity index (χ1v) is 54.4. The number of rotatable bonds is 97. The average molecular weight is 1820 g/mol. The maximum absolute atomic E-state index is 13.1. The lowest BCUT2D eigenvalue weighted by atomic mass is 10.0. The number of hydrogen-bond donors (Lipinski definition) is 4. The van der Waals surface area contributed by atoms with E-state index < -0.39 is 91.5 Å². The molecule has 0 aliphatic rings. The molecule has 730 valence electrons. The molecule has 5 atom stereocenters. The van der Waals surface area contributed by atoms with E-state index in [1.54, 1.807) is 0 Å². The van der Waals surface area contributed by atoms with Gasteiger partial charge in [-0.2, -0.15) is 0 Å².